The molecule has 128 valence electrons. The van der Waals surface area contributed by atoms with Gasteiger partial charge in [0.05, 0.1) is 10.9 Å². The highest BCUT2D eigenvalue weighted by atomic mass is 32.2. The fraction of sp³-hybridized carbons (Fsp3) is 0.235. The van der Waals surface area contributed by atoms with E-state index in [1.54, 1.807) is 36.0 Å². The molecule has 5 nitrogen and oxygen atoms in total. The van der Waals surface area contributed by atoms with Crippen molar-refractivity contribution in [3.8, 4) is 0 Å². The average Bonchev–Trinajstić information content (AvgIpc) is 2.55. The highest BCUT2D eigenvalue weighted by Crippen LogP contribution is 2.17. The van der Waals surface area contributed by atoms with Crippen molar-refractivity contribution in [1.82, 2.24) is 5.32 Å². The van der Waals surface area contributed by atoms with Crippen LogP contribution in [0.15, 0.2) is 53.4 Å². The second-order valence-electron chi connectivity index (χ2n) is 5.44. The molecule has 7 heteroatoms. The zero-order valence-electron chi connectivity index (χ0n) is 13.5. The third-order valence-electron chi connectivity index (χ3n) is 3.58. The summed E-state index contributed by atoms with van der Waals surface area (Å²) in [4.78, 5) is 12.3. The molecule has 2 rings (SSSR count). The van der Waals surface area contributed by atoms with E-state index in [-0.39, 0.29) is 16.8 Å². The van der Waals surface area contributed by atoms with E-state index in [2.05, 4.69) is 5.32 Å². The van der Waals surface area contributed by atoms with Gasteiger partial charge in [-0.05, 0) is 48.6 Å². The summed E-state index contributed by atoms with van der Waals surface area (Å²) in [5, 5.41) is 7.97. The molecule has 2 aromatic rings. The van der Waals surface area contributed by atoms with Gasteiger partial charge >= 0.3 is 0 Å². The van der Waals surface area contributed by atoms with Crippen molar-refractivity contribution in [2.24, 2.45) is 5.14 Å². The third kappa shape index (κ3) is 4.83. The van der Waals surface area contributed by atoms with Crippen LogP contribution in [-0.2, 0) is 15.8 Å². The van der Waals surface area contributed by atoms with E-state index in [4.69, 9.17) is 5.14 Å². The summed E-state index contributed by atoms with van der Waals surface area (Å²) in [6.07, 6.45) is 2.03. The number of nitrogens with one attached hydrogen (secondary N) is 1. The van der Waals surface area contributed by atoms with Crippen LogP contribution >= 0.6 is 11.8 Å². The van der Waals surface area contributed by atoms with Gasteiger partial charge in [-0.2, -0.15) is 11.8 Å². The minimum Gasteiger partial charge on any atom is -0.346 e. The fourth-order valence-corrected chi connectivity index (χ4v) is 3.27. The standard InChI is InChI=1S/C17H20N2O3S2/c1-12(14-7-9-16(10-8-14)24(18,21)22)19-17(20)15-5-3-13(4-6-15)11-23-2/h3-10,12H,11H2,1-2H3,(H,19,20)(H2,18,21,22). The van der Waals surface area contributed by atoms with Gasteiger partial charge in [0.15, 0.2) is 0 Å². The molecule has 0 aliphatic heterocycles. The molecule has 0 radical (unpaired) electrons. The van der Waals surface area contributed by atoms with Crippen molar-refractivity contribution in [2.75, 3.05) is 6.26 Å². The van der Waals surface area contributed by atoms with Crippen LogP contribution in [0.1, 0.15) is 34.5 Å². The van der Waals surface area contributed by atoms with Crippen molar-refractivity contribution in [2.45, 2.75) is 23.6 Å². The molecule has 2 aromatic carbocycles. The smallest absolute Gasteiger partial charge is 0.251 e. The summed E-state index contributed by atoms with van der Waals surface area (Å²) in [7, 11) is -3.71. The predicted octanol–water partition coefficient (Wildman–Crippen LogP) is 2.69. The number of carbonyl (C=O) groups excluding carboxylic acids is 1. The number of primary sulfonamides is 1. The lowest BCUT2D eigenvalue weighted by molar-refractivity contribution is 0.0940. The largest absolute Gasteiger partial charge is 0.346 e. The number of amides is 1. The molecular formula is C17H20N2O3S2. The highest BCUT2D eigenvalue weighted by Gasteiger charge is 2.13. The molecule has 3 N–H and O–H groups in total. The van der Waals surface area contributed by atoms with Crippen LogP contribution < -0.4 is 10.5 Å². The summed E-state index contributed by atoms with van der Waals surface area (Å²) in [6, 6.07) is 13.4. The molecule has 0 fully saturated rings. The summed E-state index contributed by atoms with van der Waals surface area (Å²) in [6.45, 7) is 1.84. The Balaban J connectivity index is 2.05. The van der Waals surface area contributed by atoms with E-state index in [0.717, 1.165) is 11.3 Å². The number of hydrogen-bond donors (Lipinski definition) is 2. The molecule has 0 saturated heterocycles. The van der Waals surface area contributed by atoms with Gasteiger partial charge in [0, 0.05) is 11.3 Å². The van der Waals surface area contributed by atoms with Gasteiger partial charge in [-0.3, -0.25) is 4.79 Å². The summed E-state index contributed by atoms with van der Waals surface area (Å²) in [5.41, 5.74) is 2.56. The zero-order valence-corrected chi connectivity index (χ0v) is 15.2. The van der Waals surface area contributed by atoms with Crippen LogP contribution in [0, 0.1) is 0 Å². The second kappa shape index (κ2) is 7.83. The number of carbonyl (C=O) groups is 1. The molecule has 0 heterocycles. The first-order valence-corrected chi connectivity index (χ1v) is 10.3. The molecule has 0 aliphatic rings. The first-order valence-electron chi connectivity index (χ1n) is 7.33. The Hall–Kier alpha value is -1.83. The van der Waals surface area contributed by atoms with Gasteiger partial charge in [-0.1, -0.05) is 24.3 Å². The van der Waals surface area contributed by atoms with Crippen LogP contribution in [-0.4, -0.2) is 20.6 Å². The Kier molecular flexibility index (Phi) is 6.04. The normalized spacial score (nSPS) is 12.6. The van der Waals surface area contributed by atoms with Gasteiger partial charge in [0.25, 0.3) is 5.91 Å². The van der Waals surface area contributed by atoms with Gasteiger partial charge in [0.1, 0.15) is 0 Å². The molecule has 24 heavy (non-hydrogen) atoms. The van der Waals surface area contributed by atoms with Crippen LogP contribution in [0.25, 0.3) is 0 Å². The van der Waals surface area contributed by atoms with E-state index >= 15 is 0 Å². The van der Waals surface area contributed by atoms with Gasteiger partial charge in [0.2, 0.25) is 10.0 Å². The van der Waals surface area contributed by atoms with Crippen molar-refractivity contribution >= 4 is 27.7 Å². The van der Waals surface area contributed by atoms with Gasteiger partial charge in [-0.25, -0.2) is 13.6 Å². The molecule has 0 aromatic heterocycles. The van der Waals surface area contributed by atoms with E-state index in [0.29, 0.717) is 5.56 Å². The summed E-state index contributed by atoms with van der Waals surface area (Å²) in [5.74, 6) is 0.739. The van der Waals surface area contributed by atoms with Crippen LogP contribution in [0.3, 0.4) is 0 Å². The van der Waals surface area contributed by atoms with Crippen molar-refractivity contribution < 1.29 is 13.2 Å². The average molecular weight is 364 g/mol. The van der Waals surface area contributed by atoms with E-state index in [1.807, 2.05) is 25.3 Å². The lowest BCUT2D eigenvalue weighted by atomic mass is 10.1. The lowest BCUT2D eigenvalue weighted by Gasteiger charge is -2.15. The molecule has 1 atom stereocenters. The first-order chi connectivity index (χ1) is 11.3. The molecule has 0 bridgehead atoms. The number of thioether (sulfide) groups is 1. The summed E-state index contributed by atoms with van der Waals surface area (Å²) >= 11 is 1.73. The number of hydrogen-bond acceptors (Lipinski definition) is 4. The molecule has 0 spiro atoms. The topological polar surface area (TPSA) is 89.3 Å². The molecule has 1 unspecified atom stereocenters. The van der Waals surface area contributed by atoms with Crippen molar-refractivity contribution in [1.29, 1.82) is 0 Å². The Morgan fingerprint density at radius 3 is 2.21 bits per heavy atom. The minimum absolute atomic E-state index is 0.0501. The predicted molar refractivity (Wildman–Crippen MR) is 97.4 cm³/mol. The second-order valence-corrected chi connectivity index (χ2v) is 7.87. The first kappa shape index (κ1) is 18.5. The summed E-state index contributed by atoms with van der Waals surface area (Å²) < 4.78 is 22.5. The SMILES string of the molecule is CSCc1ccc(C(=O)NC(C)c2ccc(S(N)(=O)=O)cc2)cc1. The van der Waals surface area contributed by atoms with Crippen molar-refractivity contribution in [3.63, 3.8) is 0 Å². The number of rotatable bonds is 6. The Morgan fingerprint density at radius 2 is 1.71 bits per heavy atom. The maximum absolute atomic E-state index is 12.3. The fourth-order valence-electron chi connectivity index (χ4n) is 2.23. The van der Waals surface area contributed by atoms with Gasteiger partial charge in [-0.15, -0.1) is 0 Å². The number of nitrogens with two attached hydrogens (primary N) is 1. The van der Waals surface area contributed by atoms with Crippen molar-refractivity contribution in [3.05, 3.63) is 65.2 Å². The molecule has 1 amide bonds. The third-order valence-corrected chi connectivity index (χ3v) is 5.13. The van der Waals surface area contributed by atoms with Gasteiger partial charge < -0.3 is 5.32 Å². The number of sulfonamides is 1. The van der Waals surface area contributed by atoms with Crippen LogP contribution in [0.4, 0.5) is 0 Å². The highest BCUT2D eigenvalue weighted by molar-refractivity contribution is 7.97. The Bertz CT molecular complexity index is 801. The molecule has 0 aliphatic carbocycles. The maximum atomic E-state index is 12.3. The zero-order chi connectivity index (χ0) is 17.7. The van der Waals surface area contributed by atoms with Crippen LogP contribution in [0.5, 0.6) is 0 Å². The quantitative estimate of drug-likeness (QED) is 0.825. The minimum atomic E-state index is -3.71. The Labute approximate surface area is 146 Å². The van der Waals surface area contributed by atoms with E-state index in [9.17, 15) is 13.2 Å². The maximum Gasteiger partial charge on any atom is 0.251 e. The van der Waals surface area contributed by atoms with E-state index in [1.165, 1.54) is 17.7 Å². The van der Waals surface area contributed by atoms with E-state index < -0.39 is 10.0 Å². The molecule has 0 saturated carbocycles. The Morgan fingerprint density at radius 1 is 1.12 bits per heavy atom. The number of benzene rings is 2. The molecular weight excluding hydrogens is 344 g/mol. The lowest BCUT2D eigenvalue weighted by Crippen LogP contribution is -2.26. The monoisotopic (exact) mass is 364 g/mol. The van der Waals surface area contributed by atoms with Crippen LogP contribution in [0.2, 0.25) is 0 Å².